The number of pyridine rings is 1. The largest absolute Gasteiger partial charge is 0.507 e. The Kier molecular flexibility index (Phi) is 5.08. The van der Waals surface area contributed by atoms with E-state index in [9.17, 15) is 18.3 Å². The van der Waals surface area contributed by atoms with Crippen LogP contribution < -0.4 is 5.73 Å². The zero-order valence-electron chi connectivity index (χ0n) is 12.8. The van der Waals surface area contributed by atoms with Crippen molar-refractivity contribution in [2.45, 2.75) is 13.1 Å². The minimum Gasteiger partial charge on any atom is -0.507 e. The van der Waals surface area contributed by atoms with Crippen LogP contribution >= 0.6 is 0 Å². The number of anilines is 1. The summed E-state index contributed by atoms with van der Waals surface area (Å²) in [7, 11) is 0. The van der Waals surface area contributed by atoms with Crippen LogP contribution in [-0.4, -0.2) is 34.6 Å². The summed E-state index contributed by atoms with van der Waals surface area (Å²) in [6, 6.07) is 4.74. The van der Waals surface area contributed by atoms with Gasteiger partial charge in [-0.1, -0.05) is 0 Å². The van der Waals surface area contributed by atoms with Gasteiger partial charge in [-0.25, -0.2) is 4.98 Å². The third-order valence-corrected chi connectivity index (χ3v) is 3.32. The topological polar surface area (TPSA) is 91.7 Å². The Labute approximate surface area is 136 Å². The molecule has 128 valence electrons. The monoisotopic (exact) mass is 339 g/mol. The predicted molar refractivity (Wildman–Crippen MR) is 85.0 cm³/mol. The molecule has 0 radical (unpaired) electrons. The summed E-state index contributed by atoms with van der Waals surface area (Å²) >= 11 is 0. The van der Waals surface area contributed by atoms with Gasteiger partial charge in [0.1, 0.15) is 11.6 Å². The van der Waals surface area contributed by atoms with Crippen molar-refractivity contribution >= 4 is 12.0 Å². The number of alkyl halides is 3. The van der Waals surface area contributed by atoms with Gasteiger partial charge in [-0.3, -0.25) is 4.99 Å². The van der Waals surface area contributed by atoms with E-state index in [2.05, 4.69) is 9.98 Å². The van der Waals surface area contributed by atoms with Crippen LogP contribution in [0.15, 0.2) is 29.3 Å². The number of benzene rings is 1. The van der Waals surface area contributed by atoms with Crippen molar-refractivity contribution in [1.82, 2.24) is 4.98 Å². The molecule has 4 N–H and O–H groups in total. The highest BCUT2D eigenvalue weighted by Crippen LogP contribution is 2.38. The molecule has 0 atom stereocenters. The Bertz CT molecular complexity index is 751. The number of phenols is 1. The SMILES string of the molecule is Cc1cc(C(F)(F)F)cc(O)c1-c1ccc(C=NCCO)c(N)n1. The number of nitrogens with two attached hydrogens (primary N) is 1. The zero-order chi connectivity index (χ0) is 17.9. The Hall–Kier alpha value is -2.61. The summed E-state index contributed by atoms with van der Waals surface area (Å²) < 4.78 is 38.3. The number of aliphatic hydroxyl groups is 1. The fourth-order valence-corrected chi connectivity index (χ4v) is 2.22. The molecule has 0 aliphatic carbocycles. The molecule has 0 fully saturated rings. The van der Waals surface area contributed by atoms with Crippen molar-refractivity contribution in [2.75, 3.05) is 18.9 Å². The summed E-state index contributed by atoms with van der Waals surface area (Å²) in [5.74, 6) is -0.399. The number of aryl methyl sites for hydroxylation is 1. The molecule has 0 bridgehead atoms. The lowest BCUT2D eigenvalue weighted by Gasteiger charge is -2.13. The van der Waals surface area contributed by atoms with E-state index < -0.39 is 17.5 Å². The van der Waals surface area contributed by atoms with E-state index in [-0.39, 0.29) is 35.8 Å². The van der Waals surface area contributed by atoms with Crippen LogP contribution in [0.5, 0.6) is 5.75 Å². The second kappa shape index (κ2) is 6.88. The summed E-state index contributed by atoms with van der Waals surface area (Å²) in [5.41, 5.74) is 6.08. The Morgan fingerprint density at radius 3 is 2.54 bits per heavy atom. The van der Waals surface area contributed by atoms with Gasteiger partial charge in [0.2, 0.25) is 0 Å². The molecule has 2 rings (SSSR count). The van der Waals surface area contributed by atoms with Crippen molar-refractivity contribution in [3.05, 3.63) is 41.0 Å². The second-order valence-electron chi connectivity index (χ2n) is 5.11. The number of hydrogen-bond donors (Lipinski definition) is 3. The maximum atomic E-state index is 12.8. The summed E-state index contributed by atoms with van der Waals surface area (Å²) in [4.78, 5) is 8.05. The first kappa shape index (κ1) is 17.7. The van der Waals surface area contributed by atoms with Crippen LogP contribution in [0.4, 0.5) is 19.0 Å². The zero-order valence-corrected chi connectivity index (χ0v) is 12.8. The third-order valence-electron chi connectivity index (χ3n) is 3.32. The lowest BCUT2D eigenvalue weighted by atomic mass is 10.00. The number of aliphatic imine (C=N–C) groups is 1. The molecule has 2 aromatic rings. The summed E-state index contributed by atoms with van der Waals surface area (Å²) in [5, 5.41) is 18.7. The van der Waals surface area contributed by atoms with Crippen molar-refractivity contribution in [2.24, 2.45) is 4.99 Å². The lowest BCUT2D eigenvalue weighted by molar-refractivity contribution is -0.137. The highest BCUT2D eigenvalue weighted by atomic mass is 19.4. The fraction of sp³-hybridized carbons (Fsp3) is 0.250. The molecule has 0 amide bonds. The number of phenolic OH excluding ortho intramolecular Hbond substituents is 1. The number of aromatic nitrogens is 1. The average Bonchev–Trinajstić information content (AvgIpc) is 2.48. The first-order chi connectivity index (χ1) is 11.2. The minimum atomic E-state index is -4.54. The summed E-state index contributed by atoms with van der Waals surface area (Å²) in [6.45, 7) is 1.58. The van der Waals surface area contributed by atoms with E-state index in [4.69, 9.17) is 10.8 Å². The van der Waals surface area contributed by atoms with Crippen molar-refractivity contribution in [1.29, 1.82) is 0 Å². The standard InChI is InChI=1S/C16H16F3N3O2/c1-9-6-11(16(17,18)19)7-13(24)14(9)12-3-2-10(15(20)22-12)8-21-4-5-23/h2-3,6-8,23-24H,4-5H2,1H3,(H2,20,22). The number of aliphatic hydroxyl groups excluding tert-OH is 1. The average molecular weight is 339 g/mol. The van der Waals surface area contributed by atoms with Crippen molar-refractivity contribution in [3.63, 3.8) is 0 Å². The molecular weight excluding hydrogens is 323 g/mol. The van der Waals surface area contributed by atoms with Crippen LogP contribution in [-0.2, 0) is 6.18 Å². The molecule has 0 unspecified atom stereocenters. The van der Waals surface area contributed by atoms with Gasteiger partial charge in [0.25, 0.3) is 0 Å². The first-order valence-corrected chi connectivity index (χ1v) is 7.02. The van der Waals surface area contributed by atoms with Crippen LogP contribution in [0.25, 0.3) is 11.3 Å². The van der Waals surface area contributed by atoms with Crippen LogP contribution in [0, 0.1) is 6.92 Å². The van der Waals surface area contributed by atoms with Gasteiger partial charge in [-0.05, 0) is 36.8 Å². The summed E-state index contributed by atoms with van der Waals surface area (Å²) in [6.07, 6.45) is -3.10. The Morgan fingerprint density at radius 2 is 2.00 bits per heavy atom. The van der Waals surface area contributed by atoms with Gasteiger partial charge >= 0.3 is 6.18 Å². The van der Waals surface area contributed by atoms with Gasteiger partial charge in [0.15, 0.2) is 0 Å². The van der Waals surface area contributed by atoms with Gasteiger partial charge in [0.05, 0.1) is 24.4 Å². The number of aromatic hydroxyl groups is 1. The van der Waals surface area contributed by atoms with E-state index in [0.29, 0.717) is 11.6 Å². The maximum Gasteiger partial charge on any atom is 0.416 e. The van der Waals surface area contributed by atoms with Crippen molar-refractivity contribution in [3.8, 4) is 17.0 Å². The molecule has 0 aliphatic rings. The lowest BCUT2D eigenvalue weighted by Crippen LogP contribution is -2.06. The molecule has 1 aromatic heterocycles. The molecule has 8 heteroatoms. The molecular formula is C16H16F3N3O2. The number of halogens is 3. The van der Waals surface area contributed by atoms with E-state index in [0.717, 1.165) is 6.07 Å². The molecule has 0 spiro atoms. The molecule has 5 nitrogen and oxygen atoms in total. The first-order valence-electron chi connectivity index (χ1n) is 7.02. The molecule has 0 saturated heterocycles. The predicted octanol–water partition coefficient (Wildman–Crippen LogP) is 2.77. The van der Waals surface area contributed by atoms with E-state index in [1.165, 1.54) is 19.2 Å². The molecule has 1 heterocycles. The molecule has 1 aromatic carbocycles. The van der Waals surface area contributed by atoms with Crippen LogP contribution in [0.1, 0.15) is 16.7 Å². The Morgan fingerprint density at radius 1 is 1.29 bits per heavy atom. The quantitative estimate of drug-likeness (QED) is 0.747. The molecule has 0 saturated carbocycles. The Balaban J connectivity index is 2.44. The minimum absolute atomic E-state index is 0.0967. The van der Waals surface area contributed by atoms with E-state index in [1.807, 2.05) is 0 Å². The van der Waals surface area contributed by atoms with Gasteiger partial charge in [0, 0.05) is 17.3 Å². The smallest absolute Gasteiger partial charge is 0.416 e. The fourth-order valence-electron chi connectivity index (χ4n) is 2.22. The van der Waals surface area contributed by atoms with E-state index >= 15 is 0 Å². The molecule has 0 aliphatic heterocycles. The maximum absolute atomic E-state index is 12.8. The van der Waals surface area contributed by atoms with Gasteiger partial charge in [-0.15, -0.1) is 0 Å². The number of nitrogen functional groups attached to an aromatic ring is 1. The third kappa shape index (κ3) is 3.83. The van der Waals surface area contributed by atoms with Crippen LogP contribution in [0.3, 0.4) is 0 Å². The van der Waals surface area contributed by atoms with E-state index in [1.54, 1.807) is 6.07 Å². The number of hydrogen-bond acceptors (Lipinski definition) is 5. The van der Waals surface area contributed by atoms with Gasteiger partial charge < -0.3 is 15.9 Å². The van der Waals surface area contributed by atoms with Gasteiger partial charge in [-0.2, -0.15) is 13.2 Å². The molecule has 24 heavy (non-hydrogen) atoms. The second-order valence-corrected chi connectivity index (χ2v) is 5.11. The normalized spacial score (nSPS) is 12.0. The highest BCUT2D eigenvalue weighted by molar-refractivity contribution is 5.87. The number of rotatable bonds is 4. The number of nitrogens with zero attached hydrogens (tertiary/aromatic N) is 2. The van der Waals surface area contributed by atoms with Crippen LogP contribution in [0.2, 0.25) is 0 Å². The van der Waals surface area contributed by atoms with Crippen molar-refractivity contribution < 1.29 is 23.4 Å². The highest BCUT2D eigenvalue weighted by Gasteiger charge is 2.32.